The summed E-state index contributed by atoms with van der Waals surface area (Å²) in [5.41, 5.74) is 2.51. The molecular weight excluding hydrogens is 139 g/mol. The van der Waals surface area contributed by atoms with E-state index in [0.29, 0.717) is 5.92 Å². The Balaban J connectivity index is 0.00000121. The van der Waals surface area contributed by atoms with Gasteiger partial charge in [-0.3, -0.25) is 0 Å². The zero-order valence-electron chi connectivity index (χ0n) is 8.30. The van der Waals surface area contributed by atoms with Crippen LogP contribution in [0.5, 0.6) is 0 Å². The van der Waals surface area contributed by atoms with Gasteiger partial charge in [-0.25, -0.2) is 0 Å². The molecule has 12 heavy (non-hydrogen) atoms. The van der Waals surface area contributed by atoms with E-state index in [1.807, 2.05) is 0 Å². The van der Waals surface area contributed by atoms with Crippen molar-refractivity contribution in [3.63, 3.8) is 0 Å². The molecule has 0 aliphatic carbocycles. The Morgan fingerprint density at radius 1 is 1.25 bits per heavy atom. The standard InChI is InChI=1S/C11H15.Li/c1-4-10(3)11-7-5-9(2)6-8-11;/h5-8,10H,2,4H2,1,3H3;/q-1;+1. The second-order valence-corrected chi connectivity index (χ2v) is 3.05. The summed E-state index contributed by atoms with van der Waals surface area (Å²) in [5.74, 6) is 0.676. The average molecular weight is 154 g/mol. The van der Waals surface area contributed by atoms with Gasteiger partial charge in [0.1, 0.15) is 0 Å². The SMILES string of the molecule is [CH2-]c1ccc(C(C)CC)cc1.[Li+]. The van der Waals surface area contributed by atoms with Crippen LogP contribution in [0.4, 0.5) is 0 Å². The third-order valence-corrected chi connectivity index (χ3v) is 2.16. The molecule has 0 radical (unpaired) electrons. The second-order valence-electron chi connectivity index (χ2n) is 3.05. The van der Waals surface area contributed by atoms with Crippen LogP contribution in [0.15, 0.2) is 24.3 Å². The zero-order valence-corrected chi connectivity index (χ0v) is 8.30. The Labute approximate surface area is 87.6 Å². The van der Waals surface area contributed by atoms with Gasteiger partial charge < -0.3 is 0 Å². The van der Waals surface area contributed by atoms with Crippen LogP contribution in [0, 0.1) is 6.92 Å². The summed E-state index contributed by atoms with van der Waals surface area (Å²) < 4.78 is 0. The van der Waals surface area contributed by atoms with Gasteiger partial charge in [0.2, 0.25) is 0 Å². The van der Waals surface area contributed by atoms with E-state index in [1.165, 1.54) is 12.0 Å². The summed E-state index contributed by atoms with van der Waals surface area (Å²) in [4.78, 5) is 0. The first-order valence-corrected chi connectivity index (χ1v) is 4.16. The van der Waals surface area contributed by atoms with Gasteiger partial charge in [-0.2, -0.15) is 24.6 Å². The topological polar surface area (TPSA) is 0 Å². The Kier molecular flexibility index (Phi) is 5.21. The molecular formula is C11H15Li. The second kappa shape index (κ2) is 5.35. The molecule has 0 heterocycles. The summed E-state index contributed by atoms with van der Waals surface area (Å²) in [6, 6.07) is 8.47. The maximum absolute atomic E-state index is 3.85. The van der Waals surface area contributed by atoms with Crippen LogP contribution in [-0.4, -0.2) is 0 Å². The van der Waals surface area contributed by atoms with Crippen LogP contribution in [-0.2, 0) is 0 Å². The molecule has 0 N–H and O–H groups in total. The van der Waals surface area contributed by atoms with E-state index in [-0.39, 0.29) is 18.9 Å². The van der Waals surface area contributed by atoms with Crippen molar-refractivity contribution in [2.45, 2.75) is 26.2 Å². The van der Waals surface area contributed by atoms with E-state index in [0.717, 1.165) is 5.56 Å². The van der Waals surface area contributed by atoms with Gasteiger partial charge in [-0.15, -0.1) is 12.1 Å². The average Bonchev–Trinajstić information content (AvgIpc) is 2.05. The molecule has 0 bridgehead atoms. The van der Waals surface area contributed by atoms with Gasteiger partial charge >= 0.3 is 18.9 Å². The summed E-state index contributed by atoms with van der Waals surface area (Å²) in [7, 11) is 0. The van der Waals surface area contributed by atoms with Crippen LogP contribution in [0.25, 0.3) is 0 Å². The minimum Gasteiger partial charge on any atom is -0.199 e. The first kappa shape index (κ1) is 11.7. The summed E-state index contributed by atoms with van der Waals surface area (Å²) in [6.45, 7) is 8.31. The van der Waals surface area contributed by atoms with Crippen molar-refractivity contribution < 1.29 is 18.9 Å². The van der Waals surface area contributed by atoms with E-state index in [1.54, 1.807) is 0 Å². The Morgan fingerprint density at radius 3 is 2.17 bits per heavy atom. The molecule has 1 aromatic carbocycles. The predicted molar refractivity (Wildman–Crippen MR) is 49.6 cm³/mol. The molecule has 0 aliphatic rings. The van der Waals surface area contributed by atoms with Crippen molar-refractivity contribution in [1.82, 2.24) is 0 Å². The number of benzene rings is 1. The van der Waals surface area contributed by atoms with Crippen molar-refractivity contribution in [3.8, 4) is 0 Å². The van der Waals surface area contributed by atoms with E-state index in [9.17, 15) is 0 Å². The monoisotopic (exact) mass is 154 g/mol. The van der Waals surface area contributed by atoms with Gasteiger partial charge in [-0.1, -0.05) is 19.4 Å². The third kappa shape index (κ3) is 2.97. The van der Waals surface area contributed by atoms with Crippen molar-refractivity contribution >= 4 is 0 Å². The molecule has 1 rings (SSSR count). The van der Waals surface area contributed by atoms with Gasteiger partial charge in [0.05, 0.1) is 0 Å². The van der Waals surface area contributed by atoms with Crippen LogP contribution >= 0.6 is 0 Å². The number of hydrogen-bond donors (Lipinski definition) is 0. The molecule has 1 aromatic rings. The summed E-state index contributed by atoms with van der Waals surface area (Å²) in [6.07, 6.45) is 1.20. The van der Waals surface area contributed by atoms with E-state index in [2.05, 4.69) is 45.0 Å². The van der Waals surface area contributed by atoms with Gasteiger partial charge in [-0.05, 0) is 12.3 Å². The quantitative estimate of drug-likeness (QED) is 0.427. The van der Waals surface area contributed by atoms with E-state index >= 15 is 0 Å². The molecule has 0 aliphatic heterocycles. The van der Waals surface area contributed by atoms with Crippen molar-refractivity contribution in [2.75, 3.05) is 0 Å². The Bertz CT molecular complexity index is 213. The molecule has 60 valence electrons. The van der Waals surface area contributed by atoms with Gasteiger partial charge in [0.25, 0.3) is 0 Å². The van der Waals surface area contributed by atoms with E-state index < -0.39 is 0 Å². The minimum absolute atomic E-state index is 0. The molecule has 0 spiro atoms. The smallest absolute Gasteiger partial charge is 0.199 e. The molecule has 0 nitrogen and oxygen atoms in total. The van der Waals surface area contributed by atoms with Crippen molar-refractivity contribution in [1.29, 1.82) is 0 Å². The molecule has 0 aromatic heterocycles. The number of hydrogen-bond acceptors (Lipinski definition) is 0. The molecule has 0 saturated carbocycles. The van der Waals surface area contributed by atoms with E-state index in [4.69, 9.17) is 0 Å². The molecule has 0 saturated heterocycles. The normalized spacial score (nSPS) is 11.8. The van der Waals surface area contributed by atoms with Crippen LogP contribution in [0.3, 0.4) is 0 Å². The van der Waals surface area contributed by atoms with Crippen LogP contribution in [0.1, 0.15) is 37.3 Å². The van der Waals surface area contributed by atoms with Crippen LogP contribution < -0.4 is 18.9 Å². The minimum atomic E-state index is 0. The Morgan fingerprint density at radius 2 is 1.75 bits per heavy atom. The van der Waals surface area contributed by atoms with Crippen molar-refractivity contribution in [2.24, 2.45) is 0 Å². The third-order valence-electron chi connectivity index (χ3n) is 2.16. The fourth-order valence-electron chi connectivity index (χ4n) is 1.08. The molecule has 1 unspecified atom stereocenters. The van der Waals surface area contributed by atoms with Crippen LogP contribution in [0.2, 0.25) is 0 Å². The Hall–Kier alpha value is -0.313. The molecule has 0 amide bonds. The molecule has 1 atom stereocenters. The maximum atomic E-state index is 3.85. The first-order chi connectivity index (χ1) is 5.24. The maximum Gasteiger partial charge on any atom is 1.00 e. The number of rotatable bonds is 2. The molecule has 0 fully saturated rings. The van der Waals surface area contributed by atoms with Crippen molar-refractivity contribution in [3.05, 3.63) is 42.3 Å². The zero-order chi connectivity index (χ0) is 8.27. The van der Waals surface area contributed by atoms with Gasteiger partial charge in [0, 0.05) is 0 Å². The fourth-order valence-corrected chi connectivity index (χ4v) is 1.08. The first-order valence-electron chi connectivity index (χ1n) is 4.16. The largest absolute Gasteiger partial charge is 1.00 e. The summed E-state index contributed by atoms with van der Waals surface area (Å²) >= 11 is 0. The predicted octanol–water partition coefficient (Wildman–Crippen LogP) is 0.386. The van der Waals surface area contributed by atoms with Gasteiger partial charge in [0.15, 0.2) is 0 Å². The molecule has 1 heteroatoms. The summed E-state index contributed by atoms with van der Waals surface area (Å²) in [5, 5.41) is 0. The fraction of sp³-hybridized carbons (Fsp3) is 0.364.